The maximum Gasteiger partial charge on any atom is 0.259 e. The van der Waals surface area contributed by atoms with E-state index < -0.39 is 0 Å². The highest BCUT2D eigenvalue weighted by Crippen LogP contribution is 2.25. The summed E-state index contributed by atoms with van der Waals surface area (Å²) in [5.41, 5.74) is 2.14. The van der Waals surface area contributed by atoms with Gasteiger partial charge >= 0.3 is 0 Å². The first-order chi connectivity index (χ1) is 11.6. The van der Waals surface area contributed by atoms with Crippen LogP contribution in [0.3, 0.4) is 0 Å². The van der Waals surface area contributed by atoms with E-state index in [0.717, 1.165) is 10.0 Å². The van der Waals surface area contributed by atoms with Gasteiger partial charge in [-0.15, -0.1) is 0 Å². The monoisotopic (exact) mass is 385 g/mol. The van der Waals surface area contributed by atoms with Crippen LogP contribution in [-0.2, 0) is 13.7 Å². The van der Waals surface area contributed by atoms with Crippen LogP contribution in [0.25, 0.3) is 0 Å². The molecule has 1 aromatic heterocycles. The Morgan fingerprint density at radius 3 is 2.75 bits per heavy atom. The second-order valence-corrected chi connectivity index (χ2v) is 6.19. The van der Waals surface area contributed by atoms with E-state index in [0.29, 0.717) is 23.6 Å². The number of hydrogen-bond donors (Lipinski definition) is 1. The van der Waals surface area contributed by atoms with Crippen molar-refractivity contribution in [1.29, 1.82) is 0 Å². The minimum absolute atomic E-state index is 0.243. The predicted molar refractivity (Wildman–Crippen MR) is 96.1 cm³/mol. The topological polar surface area (TPSA) is 56.2 Å². The highest BCUT2D eigenvalue weighted by Gasteiger charge is 2.14. The fourth-order valence-electron chi connectivity index (χ4n) is 2.23. The molecule has 0 bridgehead atoms. The van der Waals surface area contributed by atoms with Gasteiger partial charge in [-0.3, -0.25) is 9.48 Å². The van der Waals surface area contributed by atoms with Gasteiger partial charge in [0.05, 0.1) is 17.4 Å². The van der Waals surface area contributed by atoms with E-state index in [2.05, 4.69) is 26.3 Å². The molecule has 0 unspecified atom stereocenters. The van der Waals surface area contributed by atoms with E-state index in [9.17, 15) is 4.79 Å². The molecule has 1 N–H and O–H groups in total. The molecule has 1 amide bonds. The van der Waals surface area contributed by atoms with Gasteiger partial charge in [0.15, 0.2) is 0 Å². The Labute approximate surface area is 148 Å². The van der Waals surface area contributed by atoms with Crippen molar-refractivity contribution < 1.29 is 9.53 Å². The number of nitrogens with one attached hydrogen (secondary N) is 1. The molecule has 6 heteroatoms. The van der Waals surface area contributed by atoms with Gasteiger partial charge in [-0.1, -0.05) is 46.3 Å². The number of ether oxygens (including phenoxy) is 1. The Morgan fingerprint density at radius 1 is 1.25 bits per heavy atom. The first-order valence-electron chi connectivity index (χ1n) is 7.38. The molecule has 0 spiro atoms. The first-order valence-corrected chi connectivity index (χ1v) is 8.17. The predicted octanol–water partition coefficient (Wildman–Crippen LogP) is 4.01. The number of halogens is 1. The number of carbonyl (C=O) groups is 1. The van der Waals surface area contributed by atoms with Gasteiger partial charge in [0, 0.05) is 17.7 Å². The number of rotatable bonds is 5. The molecule has 0 aliphatic heterocycles. The van der Waals surface area contributed by atoms with Gasteiger partial charge in [0.1, 0.15) is 12.4 Å². The molecule has 1 heterocycles. The number of hydrogen-bond acceptors (Lipinski definition) is 3. The van der Waals surface area contributed by atoms with E-state index in [4.69, 9.17) is 4.74 Å². The van der Waals surface area contributed by atoms with Gasteiger partial charge in [0.2, 0.25) is 0 Å². The second-order valence-electron chi connectivity index (χ2n) is 5.27. The molecule has 24 heavy (non-hydrogen) atoms. The lowest BCUT2D eigenvalue weighted by Crippen LogP contribution is -2.13. The summed E-state index contributed by atoms with van der Waals surface area (Å²) in [6.07, 6.45) is 3.33. The van der Waals surface area contributed by atoms with Crippen LogP contribution < -0.4 is 10.1 Å². The Kier molecular flexibility index (Phi) is 4.96. The molecule has 0 atom stereocenters. The highest BCUT2D eigenvalue weighted by atomic mass is 79.9. The van der Waals surface area contributed by atoms with Crippen molar-refractivity contribution in [2.24, 2.45) is 7.05 Å². The van der Waals surface area contributed by atoms with E-state index in [1.165, 1.54) is 0 Å². The Bertz CT molecular complexity index is 846. The van der Waals surface area contributed by atoms with Crippen LogP contribution in [0.15, 0.2) is 65.4 Å². The molecular weight excluding hydrogens is 370 g/mol. The number of aromatic nitrogens is 2. The van der Waals surface area contributed by atoms with Crippen LogP contribution in [0.4, 0.5) is 5.69 Å². The standard InChI is InChI=1S/C18H16BrN3O2/c1-22-11-15(10-20-22)21-18(23)16-9-14(19)7-8-17(16)24-12-13-5-3-2-4-6-13/h2-11H,12H2,1H3,(H,21,23). The lowest BCUT2D eigenvalue weighted by molar-refractivity contribution is 0.102. The highest BCUT2D eigenvalue weighted by molar-refractivity contribution is 9.10. The largest absolute Gasteiger partial charge is 0.488 e. The van der Waals surface area contributed by atoms with Crippen molar-refractivity contribution in [3.05, 3.63) is 76.5 Å². The maximum absolute atomic E-state index is 12.6. The molecule has 0 fully saturated rings. The molecule has 122 valence electrons. The summed E-state index contributed by atoms with van der Waals surface area (Å²) in [4.78, 5) is 12.6. The zero-order valence-corrected chi connectivity index (χ0v) is 14.7. The Morgan fingerprint density at radius 2 is 2.04 bits per heavy atom. The fraction of sp³-hybridized carbons (Fsp3) is 0.111. The molecule has 0 radical (unpaired) electrons. The summed E-state index contributed by atoms with van der Waals surface area (Å²) in [5, 5.41) is 6.86. The third-order valence-electron chi connectivity index (χ3n) is 3.39. The van der Waals surface area contributed by atoms with E-state index in [-0.39, 0.29) is 5.91 Å². The second kappa shape index (κ2) is 7.31. The molecule has 0 saturated carbocycles. The van der Waals surface area contributed by atoms with Crippen LogP contribution >= 0.6 is 15.9 Å². The summed E-state index contributed by atoms with van der Waals surface area (Å²) in [7, 11) is 1.79. The van der Waals surface area contributed by atoms with E-state index >= 15 is 0 Å². The minimum atomic E-state index is -0.243. The Balaban J connectivity index is 1.78. The lowest BCUT2D eigenvalue weighted by atomic mass is 10.2. The normalized spacial score (nSPS) is 10.4. The van der Waals surface area contributed by atoms with E-state index in [1.54, 1.807) is 36.3 Å². The van der Waals surface area contributed by atoms with Crippen LogP contribution in [0.1, 0.15) is 15.9 Å². The van der Waals surface area contributed by atoms with Crippen LogP contribution in [0.2, 0.25) is 0 Å². The average molecular weight is 386 g/mol. The number of amides is 1. The van der Waals surface area contributed by atoms with Crippen molar-refractivity contribution in [3.8, 4) is 5.75 Å². The molecule has 0 aliphatic rings. The zero-order valence-electron chi connectivity index (χ0n) is 13.1. The molecule has 0 aliphatic carbocycles. The SMILES string of the molecule is Cn1cc(NC(=O)c2cc(Br)ccc2OCc2ccccc2)cn1. The third kappa shape index (κ3) is 4.02. The maximum atomic E-state index is 12.6. The van der Waals surface area contributed by atoms with Crippen molar-refractivity contribution in [2.75, 3.05) is 5.32 Å². The summed E-state index contributed by atoms with van der Waals surface area (Å²) in [6, 6.07) is 15.2. The number of nitrogens with zero attached hydrogens (tertiary/aromatic N) is 2. The van der Waals surface area contributed by atoms with Gasteiger partial charge in [-0.2, -0.15) is 5.10 Å². The number of aryl methyl sites for hydroxylation is 1. The fourth-order valence-corrected chi connectivity index (χ4v) is 2.59. The van der Waals surface area contributed by atoms with Crippen LogP contribution in [-0.4, -0.2) is 15.7 Å². The summed E-state index contributed by atoms with van der Waals surface area (Å²) < 4.78 is 8.28. The molecule has 3 aromatic rings. The van der Waals surface area contributed by atoms with Gasteiger partial charge in [0.25, 0.3) is 5.91 Å². The number of carbonyl (C=O) groups excluding carboxylic acids is 1. The summed E-state index contributed by atoms with van der Waals surface area (Å²) in [6.45, 7) is 0.398. The third-order valence-corrected chi connectivity index (χ3v) is 3.88. The molecule has 0 saturated heterocycles. The summed E-state index contributed by atoms with van der Waals surface area (Å²) >= 11 is 3.40. The van der Waals surface area contributed by atoms with Crippen molar-refractivity contribution in [1.82, 2.24) is 9.78 Å². The number of benzene rings is 2. The Hall–Kier alpha value is -2.60. The average Bonchev–Trinajstić information content (AvgIpc) is 2.99. The van der Waals surface area contributed by atoms with Gasteiger partial charge < -0.3 is 10.1 Å². The quantitative estimate of drug-likeness (QED) is 0.721. The van der Waals surface area contributed by atoms with Crippen molar-refractivity contribution >= 4 is 27.5 Å². The lowest BCUT2D eigenvalue weighted by Gasteiger charge is -2.12. The first kappa shape index (κ1) is 16.3. The van der Waals surface area contributed by atoms with Crippen LogP contribution in [0, 0.1) is 0 Å². The van der Waals surface area contributed by atoms with Crippen molar-refractivity contribution in [2.45, 2.75) is 6.61 Å². The molecule has 3 rings (SSSR count). The zero-order chi connectivity index (χ0) is 16.9. The molecule has 2 aromatic carbocycles. The van der Waals surface area contributed by atoms with E-state index in [1.807, 2.05) is 36.4 Å². The van der Waals surface area contributed by atoms with Gasteiger partial charge in [-0.05, 0) is 23.8 Å². The minimum Gasteiger partial charge on any atom is -0.488 e. The molecule has 5 nitrogen and oxygen atoms in total. The smallest absolute Gasteiger partial charge is 0.259 e. The summed E-state index contributed by atoms with van der Waals surface area (Å²) in [5.74, 6) is 0.288. The van der Waals surface area contributed by atoms with Gasteiger partial charge in [-0.25, -0.2) is 0 Å². The van der Waals surface area contributed by atoms with Crippen LogP contribution in [0.5, 0.6) is 5.75 Å². The molecular formula is C18H16BrN3O2. The number of anilines is 1. The van der Waals surface area contributed by atoms with Crippen molar-refractivity contribution in [3.63, 3.8) is 0 Å².